The first-order valence-electron chi connectivity index (χ1n) is 8.06. The van der Waals surface area contributed by atoms with Crippen LogP contribution in [0, 0.1) is 11.6 Å². The molecular weight excluding hydrogens is 362 g/mol. The van der Waals surface area contributed by atoms with Crippen molar-refractivity contribution in [1.29, 1.82) is 0 Å². The molecule has 138 valence electrons. The molecule has 1 aliphatic rings. The Labute approximate surface area is 150 Å². The predicted octanol–water partition coefficient (Wildman–Crippen LogP) is 3.14. The van der Waals surface area contributed by atoms with Crippen molar-refractivity contribution < 1.29 is 22.0 Å². The van der Waals surface area contributed by atoms with Gasteiger partial charge in [-0.2, -0.15) is 0 Å². The lowest BCUT2D eigenvalue weighted by atomic mass is 10.1. The average Bonchev–Trinajstić information content (AvgIpc) is 3.37. The zero-order valence-corrected chi connectivity index (χ0v) is 14.9. The number of hydrogen-bond donors (Lipinski definition) is 1. The van der Waals surface area contributed by atoms with E-state index in [0.717, 1.165) is 31.2 Å². The van der Waals surface area contributed by atoms with Gasteiger partial charge in [-0.05, 0) is 37.1 Å². The quantitative estimate of drug-likeness (QED) is 0.837. The van der Waals surface area contributed by atoms with E-state index in [-0.39, 0.29) is 29.7 Å². The van der Waals surface area contributed by atoms with Gasteiger partial charge < -0.3 is 4.90 Å². The fourth-order valence-electron chi connectivity index (χ4n) is 2.68. The van der Waals surface area contributed by atoms with Gasteiger partial charge in [0.15, 0.2) is 0 Å². The number of carbonyl (C=O) groups is 1. The molecule has 0 saturated heterocycles. The Balaban J connectivity index is 1.84. The normalized spacial score (nSPS) is 14.1. The highest BCUT2D eigenvalue weighted by Gasteiger charge is 2.33. The lowest BCUT2D eigenvalue weighted by Crippen LogP contribution is -2.33. The second kappa shape index (κ2) is 7.03. The van der Waals surface area contributed by atoms with Gasteiger partial charge in [-0.15, -0.1) is 0 Å². The van der Waals surface area contributed by atoms with Crippen LogP contribution < -0.4 is 4.72 Å². The summed E-state index contributed by atoms with van der Waals surface area (Å²) in [5, 5.41) is 0. The molecule has 1 aliphatic carbocycles. The molecule has 1 amide bonds. The molecule has 0 atom stereocenters. The van der Waals surface area contributed by atoms with Crippen LogP contribution in [0.2, 0.25) is 0 Å². The van der Waals surface area contributed by atoms with E-state index in [4.69, 9.17) is 0 Å². The first kappa shape index (κ1) is 18.3. The zero-order valence-electron chi connectivity index (χ0n) is 14.1. The Kier molecular flexibility index (Phi) is 4.95. The van der Waals surface area contributed by atoms with Gasteiger partial charge >= 0.3 is 0 Å². The summed E-state index contributed by atoms with van der Waals surface area (Å²) in [6.07, 6.45) is 2.65. The van der Waals surface area contributed by atoms with Gasteiger partial charge in [0.25, 0.3) is 5.91 Å². The summed E-state index contributed by atoms with van der Waals surface area (Å²) in [5.41, 5.74) is 0.812. The first-order chi connectivity index (χ1) is 12.2. The maximum Gasteiger partial charge on any atom is 0.254 e. The monoisotopic (exact) mass is 380 g/mol. The van der Waals surface area contributed by atoms with Gasteiger partial charge in [0, 0.05) is 35.5 Å². The van der Waals surface area contributed by atoms with Crippen LogP contribution in [0.1, 0.15) is 28.8 Å². The van der Waals surface area contributed by atoms with Gasteiger partial charge in [0.05, 0.1) is 6.26 Å². The molecule has 0 radical (unpaired) electrons. The van der Waals surface area contributed by atoms with Crippen molar-refractivity contribution in [2.45, 2.75) is 25.4 Å². The Morgan fingerprint density at radius 2 is 1.92 bits per heavy atom. The molecule has 0 heterocycles. The van der Waals surface area contributed by atoms with Crippen LogP contribution in [0.5, 0.6) is 0 Å². The molecule has 0 aromatic heterocycles. The zero-order chi connectivity index (χ0) is 18.9. The molecule has 0 aliphatic heterocycles. The molecule has 0 bridgehead atoms. The van der Waals surface area contributed by atoms with Crippen molar-refractivity contribution in [3.8, 4) is 0 Å². The van der Waals surface area contributed by atoms with Crippen molar-refractivity contribution in [2.75, 3.05) is 11.0 Å². The van der Waals surface area contributed by atoms with Crippen LogP contribution in [0.4, 0.5) is 14.5 Å². The Morgan fingerprint density at radius 3 is 2.54 bits per heavy atom. The number of amides is 1. The molecule has 2 aromatic rings. The van der Waals surface area contributed by atoms with E-state index in [1.54, 1.807) is 18.2 Å². The van der Waals surface area contributed by atoms with E-state index >= 15 is 0 Å². The molecule has 1 fully saturated rings. The predicted molar refractivity (Wildman–Crippen MR) is 94.2 cm³/mol. The van der Waals surface area contributed by atoms with E-state index in [1.165, 1.54) is 17.0 Å². The van der Waals surface area contributed by atoms with Gasteiger partial charge in [-0.25, -0.2) is 17.2 Å². The number of halogens is 2. The van der Waals surface area contributed by atoms with Crippen molar-refractivity contribution in [3.63, 3.8) is 0 Å². The minimum atomic E-state index is -3.46. The topological polar surface area (TPSA) is 66.5 Å². The minimum Gasteiger partial charge on any atom is -0.331 e. The second-order valence-corrected chi connectivity index (χ2v) is 8.10. The highest BCUT2D eigenvalue weighted by atomic mass is 32.2. The second-order valence-electron chi connectivity index (χ2n) is 6.35. The lowest BCUT2D eigenvalue weighted by Gasteiger charge is -2.23. The third-order valence-corrected chi connectivity index (χ3v) is 4.62. The third kappa shape index (κ3) is 4.57. The van der Waals surface area contributed by atoms with Crippen LogP contribution in [-0.2, 0) is 16.6 Å². The smallest absolute Gasteiger partial charge is 0.254 e. The number of benzene rings is 2. The number of nitrogens with zero attached hydrogens (tertiary/aromatic N) is 1. The Morgan fingerprint density at radius 1 is 1.19 bits per heavy atom. The molecule has 3 rings (SSSR count). The number of anilines is 1. The largest absolute Gasteiger partial charge is 0.331 e. The van der Waals surface area contributed by atoms with Gasteiger partial charge in [0.1, 0.15) is 11.6 Å². The Bertz CT molecular complexity index is 943. The molecule has 26 heavy (non-hydrogen) atoms. The summed E-state index contributed by atoms with van der Waals surface area (Å²) in [6, 6.07) is 9.41. The van der Waals surface area contributed by atoms with Crippen molar-refractivity contribution in [3.05, 3.63) is 65.2 Å². The molecule has 8 heteroatoms. The van der Waals surface area contributed by atoms with E-state index in [0.29, 0.717) is 5.56 Å². The van der Waals surface area contributed by atoms with Crippen molar-refractivity contribution in [1.82, 2.24) is 4.90 Å². The Hall–Kier alpha value is -2.48. The maximum atomic E-state index is 14.0. The molecule has 1 saturated carbocycles. The van der Waals surface area contributed by atoms with Crippen LogP contribution in [0.25, 0.3) is 0 Å². The van der Waals surface area contributed by atoms with Crippen LogP contribution in [0.15, 0.2) is 42.5 Å². The molecular formula is C18H18F2N2O3S. The number of rotatable bonds is 6. The lowest BCUT2D eigenvalue weighted by molar-refractivity contribution is 0.0728. The van der Waals surface area contributed by atoms with Crippen molar-refractivity contribution >= 4 is 21.6 Å². The van der Waals surface area contributed by atoms with E-state index < -0.39 is 21.7 Å². The average molecular weight is 380 g/mol. The summed E-state index contributed by atoms with van der Waals surface area (Å²) in [7, 11) is -3.46. The van der Waals surface area contributed by atoms with E-state index in [2.05, 4.69) is 4.72 Å². The summed E-state index contributed by atoms with van der Waals surface area (Å²) < 4.78 is 52.1. The highest BCUT2D eigenvalue weighted by Crippen LogP contribution is 2.30. The summed E-state index contributed by atoms with van der Waals surface area (Å²) in [6.45, 7) is 0.0271. The van der Waals surface area contributed by atoms with Crippen LogP contribution in [0.3, 0.4) is 0 Å². The third-order valence-electron chi connectivity index (χ3n) is 4.02. The number of sulfonamides is 1. The standard InChI is InChI=1S/C18H18F2N2O3S/c1-26(24,25)21-15-4-2-3-12(9-15)18(23)22(16-7-8-16)11-13-5-6-14(19)10-17(13)20/h2-6,9-10,16,21H,7-8,11H2,1H3. The van der Waals surface area contributed by atoms with Gasteiger partial charge in [-0.1, -0.05) is 12.1 Å². The summed E-state index contributed by atoms with van der Waals surface area (Å²) in [4.78, 5) is 14.4. The molecule has 5 nitrogen and oxygen atoms in total. The maximum absolute atomic E-state index is 14.0. The molecule has 1 N–H and O–H groups in total. The first-order valence-corrected chi connectivity index (χ1v) is 9.95. The van der Waals surface area contributed by atoms with Crippen LogP contribution >= 0.6 is 0 Å². The number of nitrogens with one attached hydrogen (secondary N) is 1. The number of hydrogen-bond acceptors (Lipinski definition) is 3. The summed E-state index contributed by atoms with van der Waals surface area (Å²) in [5.74, 6) is -1.69. The van der Waals surface area contributed by atoms with Crippen molar-refractivity contribution in [2.24, 2.45) is 0 Å². The molecule has 2 aromatic carbocycles. The van der Waals surface area contributed by atoms with E-state index in [9.17, 15) is 22.0 Å². The van der Waals surface area contributed by atoms with Crippen LogP contribution in [-0.4, -0.2) is 31.5 Å². The molecule has 0 spiro atoms. The minimum absolute atomic E-state index is 0.00141. The van der Waals surface area contributed by atoms with Gasteiger partial charge in [-0.3, -0.25) is 9.52 Å². The van der Waals surface area contributed by atoms with E-state index in [1.807, 2.05) is 0 Å². The van der Waals surface area contributed by atoms with Gasteiger partial charge in [0.2, 0.25) is 10.0 Å². The summed E-state index contributed by atoms with van der Waals surface area (Å²) >= 11 is 0. The molecule has 0 unspecified atom stereocenters. The fraction of sp³-hybridized carbons (Fsp3) is 0.278. The highest BCUT2D eigenvalue weighted by molar-refractivity contribution is 7.92. The number of carbonyl (C=O) groups excluding carboxylic acids is 1. The fourth-order valence-corrected chi connectivity index (χ4v) is 3.24. The SMILES string of the molecule is CS(=O)(=O)Nc1cccc(C(=O)N(Cc2ccc(F)cc2F)C2CC2)c1.